The minimum atomic E-state index is -0.501. The van der Waals surface area contributed by atoms with Gasteiger partial charge in [-0.1, -0.05) is 0 Å². The molecule has 5 heterocycles. The maximum atomic E-state index is 11.8. The Bertz CT molecular complexity index is 1650. The van der Waals surface area contributed by atoms with E-state index in [0.29, 0.717) is 28.7 Å². The summed E-state index contributed by atoms with van der Waals surface area (Å²) in [5.41, 5.74) is 3.82. The molecule has 9 heteroatoms. The third-order valence-corrected chi connectivity index (χ3v) is 5.72. The van der Waals surface area contributed by atoms with E-state index in [-0.39, 0.29) is 24.7 Å². The largest absolute Gasteiger partial charge is 0.464 e. The molecule has 0 spiro atoms. The first-order valence-electron chi connectivity index (χ1n) is 12.7. The summed E-state index contributed by atoms with van der Waals surface area (Å²) in [6.45, 7) is 4.04. The number of ether oxygens (including phenoxy) is 2. The number of furan rings is 3. The molecule has 5 rings (SSSR count). The van der Waals surface area contributed by atoms with Crippen molar-refractivity contribution in [2.24, 2.45) is 4.99 Å². The Balaban J connectivity index is 1.36. The van der Waals surface area contributed by atoms with E-state index in [1.807, 2.05) is 42.5 Å². The first-order chi connectivity index (χ1) is 19.5. The number of nitrogens with one attached hydrogen (secondary N) is 1. The van der Waals surface area contributed by atoms with Gasteiger partial charge in [-0.2, -0.15) is 0 Å². The third kappa shape index (κ3) is 6.05. The minimum absolute atomic E-state index is 0.147. The molecule has 1 aliphatic rings. The van der Waals surface area contributed by atoms with E-state index < -0.39 is 11.9 Å². The normalized spacial score (nSPS) is 14.3. The Hall–Kier alpha value is -5.31. The molecule has 0 unspecified atom stereocenters. The number of hydrogen-bond donors (Lipinski definition) is 1. The molecule has 4 aromatic rings. The Morgan fingerprint density at radius 2 is 1.48 bits per heavy atom. The lowest BCUT2D eigenvalue weighted by atomic mass is 10.1. The van der Waals surface area contributed by atoms with Gasteiger partial charge in [0.25, 0.3) is 0 Å². The average molecular weight is 539 g/mol. The van der Waals surface area contributed by atoms with Crippen molar-refractivity contribution in [2.45, 2.75) is 13.8 Å². The molecule has 1 aliphatic heterocycles. The molecule has 0 radical (unpaired) electrons. The zero-order valence-corrected chi connectivity index (χ0v) is 21.9. The lowest BCUT2D eigenvalue weighted by Crippen LogP contribution is -2.02. The zero-order valence-electron chi connectivity index (χ0n) is 21.9. The number of hydrogen-bond acceptors (Lipinski definition) is 8. The first kappa shape index (κ1) is 26.3. The maximum Gasteiger partial charge on any atom is 0.374 e. The van der Waals surface area contributed by atoms with Crippen molar-refractivity contribution in [1.82, 2.24) is 4.98 Å². The predicted octanol–water partition coefficient (Wildman–Crippen LogP) is 6.80. The van der Waals surface area contributed by atoms with Gasteiger partial charge in [0.1, 0.15) is 17.3 Å². The van der Waals surface area contributed by atoms with Crippen LogP contribution in [0.1, 0.15) is 63.6 Å². The van der Waals surface area contributed by atoms with Crippen molar-refractivity contribution >= 4 is 41.5 Å². The lowest BCUT2D eigenvalue weighted by Gasteiger charge is -2.04. The number of nitrogens with zero attached hydrogens (tertiary/aromatic N) is 1. The summed E-state index contributed by atoms with van der Waals surface area (Å²) in [6, 6.07) is 14.1. The summed E-state index contributed by atoms with van der Waals surface area (Å²) in [6.07, 6.45) is 12.5. The smallest absolute Gasteiger partial charge is 0.374 e. The molecule has 40 heavy (non-hydrogen) atoms. The second kappa shape index (κ2) is 12.0. The number of aromatic amines is 1. The second-order valence-electron chi connectivity index (χ2n) is 8.45. The Kier molecular flexibility index (Phi) is 7.92. The van der Waals surface area contributed by atoms with E-state index in [2.05, 4.69) is 4.98 Å². The molecule has 0 aromatic carbocycles. The SMILES string of the molecule is CCOC(=O)c1ccc(/C=C/C2=NC(=C(\c3ccc(/C=C/c4ccc(C(=O)OCC)o4)[nH]3)c3ccco3)/C=C2)o1. The van der Waals surface area contributed by atoms with Crippen molar-refractivity contribution in [3.8, 4) is 0 Å². The standard InChI is InChI=1S/C31H26N2O7/c1-3-36-30(34)27-17-13-22(39-27)11-7-20-9-15-24(32-20)29(26-6-5-19-38-26)25-16-10-21(33-25)8-12-23-14-18-28(40-23)31(35)37-4-2/h5-19,32H,3-4H2,1-2H3/b11-7+,12-8+,29-25+. The molecular weight excluding hydrogens is 512 g/mol. The molecule has 9 nitrogen and oxygen atoms in total. The van der Waals surface area contributed by atoms with Crippen molar-refractivity contribution < 1.29 is 32.3 Å². The fourth-order valence-corrected chi connectivity index (χ4v) is 3.93. The number of rotatable bonds is 10. The van der Waals surface area contributed by atoms with Gasteiger partial charge in [0.05, 0.1) is 42.2 Å². The molecule has 0 fully saturated rings. The van der Waals surface area contributed by atoms with Crippen LogP contribution in [0.15, 0.2) is 97.0 Å². The highest BCUT2D eigenvalue weighted by atomic mass is 16.5. The van der Waals surface area contributed by atoms with Crippen LogP contribution in [0.4, 0.5) is 0 Å². The average Bonchev–Trinajstić information content (AvgIpc) is 3.79. The quantitative estimate of drug-likeness (QED) is 0.220. The molecule has 0 aliphatic carbocycles. The highest BCUT2D eigenvalue weighted by molar-refractivity contribution is 6.10. The van der Waals surface area contributed by atoms with Gasteiger partial charge in [-0.3, -0.25) is 0 Å². The maximum absolute atomic E-state index is 11.8. The fraction of sp³-hybridized carbons (Fsp3) is 0.129. The number of carbonyl (C=O) groups is 2. The summed E-state index contributed by atoms with van der Waals surface area (Å²) in [5.74, 6) is 0.989. The van der Waals surface area contributed by atoms with E-state index >= 15 is 0 Å². The molecule has 0 bridgehead atoms. The molecule has 0 amide bonds. The number of allylic oxidation sites excluding steroid dienone is 3. The van der Waals surface area contributed by atoms with Gasteiger partial charge in [-0.05, 0) is 98.8 Å². The van der Waals surface area contributed by atoms with Gasteiger partial charge in [0, 0.05) is 5.69 Å². The van der Waals surface area contributed by atoms with Gasteiger partial charge in [0.2, 0.25) is 11.5 Å². The van der Waals surface area contributed by atoms with Gasteiger partial charge < -0.3 is 27.7 Å². The topological polar surface area (TPSA) is 120 Å². The van der Waals surface area contributed by atoms with E-state index in [0.717, 1.165) is 17.0 Å². The molecule has 4 aromatic heterocycles. The lowest BCUT2D eigenvalue weighted by molar-refractivity contribution is 0.0481. The van der Waals surface area contributed by atoms with Crippen molar-refractivity contribution in [2.75, 3.05) is 13.2 Å². The Morgan fingerprint density at radius 1 is 0.800 bits per heavy atom. The molecular formula is C31H26N2O7. The van der Waals surface area contributed by atoms with E-state index in [9.17, 15) is 9.59 Å². The van der Waals surface area contributed by atoms with Crippen molar-refractivity contribution in [3.63, 3.8) is 0 Å². The highest BCUT2D eigenvalue weighted by Crippen LogP contribution is 2.31. The number of H-pyrrole nitrogens is 1. The molecule has 0 saturated heterocycles. The second-order valence-corrected chi connectivity index (χ2v) is 8.45. The molecule has 0 atom stereocenters. The van der Waals surface area contributed by atoms with Crippen molar-refractivity contribution in [1.29, 1.82) is 0 Å². The van der Waals surface area contributed by atoms with E-state index in [1.54, 1.807) is 62.6 Å². The van der Waals surface area contributed by atoms with Crippen LogP contribution >= 0.6 is 0 Å². The van der Waals surface area contributed by atoms with Crippen LogP contribution in [0.25, 0.3) is 23.8 Å². The van der Waals surface area contributed by atoms with Gasteiger partial charge in [0.15, 0.2) is 0 Å². The van der Waals surface area contributed by atoms with Crippen LogP contribution in [0.3, 0.4) is 0 Å². The van der Waals surface area contributed by atoms with Gasteiger partial charge in [-0.15, -0.1) is 0 Å². The molecule has 1 N–H and O–H groups in total. The number of esters is 2. The van der Waals surface area contributed by atoms with Crippen LogP contribution in [0, 0.1) is 0 Å². The van der Waals surface area contributed by atoms with Crippen LogP contribution in [-0.2, 0) is 9.47 Å². The van der Waals surface area contributed by atoms with Gasteiger partial charge in [-0.25, -0.2) is 14.6 Å². The zero-order chi connectivity index (χ0) is 27.9. The Morgan fingerprint density at radius 3 is 2.10 bits per heavy atom. The fourth-order valence-electron chi connectivity index (χ4n) is 3.93. The van der Waals surface area contributed by atoms with Crippen LogP contribution < -0.4 is 0 Å². The Labute approximate surface area is 229 Å². The summed E-state index contributed by atoms with van der Waals surface area (Å²) in [5, 5.41) is 0. The summed E-state index contributed by atoms with van der Waals surface area (Å²) >= 11 is 0. The highest BCUT2D eigenvalue weighted by Gasteiger charge is 2.18. The minimum Gasteiger partial charge on any atom is -0.464 e. The van der Waals surface area contributed by atoms with Crippen molar-refractivity contribution in [3.05, 3.63) is 119 Å². The molecule has 202 valence electrons. The van der Waals surface area contributed by atoms with E-state index in [4.69, 9.17) is 27.7 Å². The number of aliphatic imine (C=N–C) groups is 1. The number of carbonyl (C=O) groups excluding carboxylic acids is 2. The van der Waals surface area contributed by atoms with Crippen LogP contribution in [-0.4, -0.2) is 35.8 Å². The summed E-state index contributed by atoms with van der Waals surface area (Å²) in [4.78, 5) is 31.8. The number of aromatic nitrogens is 1. The first-order valence-corrected chi connectivity index (χ1v) is 12.7. The predicted molar refractivity (Wildman–Crippen MR) is 149 cm³/mol. The summed E-state index contributed by atoms with van der Waals surface area (Å²) in [7, 11) is 0. The third-order valence-electron chi connectivity index (χ3n) is 5.72. The van der Waals surface area contributed by atoms with Crippen LogP contribution in [0.5, 0.6) is 0 Å². The van der Waals surface area contributed by atoms with Crippen LogP contribution in [0.2, 0.25) is 0 Å². The summed E-state index contributed by atoms with van der Waals surface area (Å²) < 4.78 is 26.7. The van der Waals surface area contributed by atoms with E-state index in [1.165, 1.54) is 0 Å². The van der Waals surface area contributed by atoms with Gasteiger partial charge >= 0.3 is 11.9 Å². The monoisotopic (exact) mass is 538 g/mol. The molecule has 0 saturated carbocycles.